The number of hydrogen-bond donors (Lipinski definition) is 2. The Bertz CT molecular complexity index is 542. The standard InChI is InChI=1S/C17H25N3O2/c1-12(16(21)20(2)3)19-17(22)18-11-13-8-9-14-6-4-5-7-15(14)10-13/h4-7,12-13H,8-11H2,1-3H3,(H2,18,19,22)/t12-,13+/m0/s1. The molecule has 2 rings (SSSR count). The average Bonchev–Trinajstić information content (AvgIpc) is 2.51. The molecule has 0 saturated carbocycles. The van der Waals surface area contributed by atoms with Crippen molar-refractivity contribution in [2.24, 2.45) is 5.92 Å². The van der Waals surface area contributed by atoms with Crippen LogP contribution in [0.3, 0.4) is 0 Å². The highest BCUT2D eigenvalue weighted by molar-refractivity contribution is 5.86. The molecule has 0 spiro atoms. The first kappa shape index (κ1) is 16.3. The monoisotopic (exact) mass is 303 g/mol. The molecule has 1 aliphatic rings. The Morgan fingerprint density at radius 2 is 1.95 bits per heavy atom. The number of amides is 3. The summed E-state index contributed by atoms with van der Waals surface area (Å²) in [6, 6.07) is 7.70. The molecule has 5 nitrogen and oxygen atoms in total. The molecule has 0 saturated heterocycles. The lowest BCUT2D eigenvalue weighted by Crippen LogP contribution is -2.49. The van der Waals surface area contributed by atoms with Gasteiger partial charge in [0.2, 0.25) is 5.91 Å². The van der Waals surface area contributed by atoms with Gasteiger partial charge in [0.1, 0.15) is 6.04 Å². The Balaban J connectivity index is 1.77. The second-order valence-electron chi connectivity index (χ2n) is 6.19. The van der Waals surface area contributed by atoms with Crippen LogP contribution < -0.4 is 10.6 Å². The molecule has 3 amide bonds. The van der Waals surface area contributed by atoms with E-state index < -0.39 is 6.04 Å². The van der Waals surface area contributed by atoms with Crippen LogP contribution in [0.5, 0.6) is 0 Å². The fraction of sp³-hybridized carbons (Fsp3) is 0.529. The first-order chi connectivity index (χ1) is 10.5. The summed E-state index contributed by atoms with van der Waals surface area (Å²) in [6.07, 6.45) is 3.16. The zero-order valence-electron chi connectivity index (χ0n) is 13.6. The molecule has 2 N–H and O–H groups in total. The van der Waals surface area contributed by atoms with Crippen LogP contribution in [0.15, 0.2) is 24.3 Å². The minimum absolute atomic E-state index is 0.109. The maximum Gasteiger partial charge on any atom is 0.315 e. The van der Waals surface area contributed by atoms with Crippen molar-refractivity contribution >= 4 is 11.9 Å². The number of hydrogen-bond acceptors (Lipinski definition) is 2. The van der Waals surface area contributed by atoms with Gasteiger partial charge >= 0.3 is 6.03 Å². The van der Waals surface area contributed by atoms with Crippen molar-refractivity contribution in [1.29, 1.82) is 0 Å². The number of nitrogens with one attached hydrogen (secondary N) is 2. The molecule has 120 valence electrons. The van der Waals surface area contributed by atoms with Gasteiger partial charge in [-0.2, -0.15) is 0 Å². The van der Waals surface area contributed by atoms with Crippen molar-refractivity contribution in [3.63, 3.8) is 0 Å². The second-order valence-corrected chi connectivity index (χ2v) is 6.19. The molecular weight excluding hydrogens is 278 g/mol. The van der Waals surface area contributed by atoms with Gasteiger partial charge in [0, 0.05) is 20.6 Å². The van der Waals surface area contributed by atoms with Crippen molar-refractivity contribution in [2.45, 2.75) is 32.2 Å². The lowest BCUT2D eigenvalue weighted by Gasteiger charge is -2.25. The Morgan fingerprint density at radius 3 is 2.64 bits per heavy atom. The summed E-state index contributed by atoms with van der Waals surface area (Å²) < 4.78 is 0. The molecule has 0 aliphatic heterocycles. The van der Waals surface area contributed by atoms with E-state index in [2.05, 4.69) is 34.9 Å². The molecule has 5 heteroatoms. The van der Waals surface area contributed by atoms with E-state index in [-0.39, 0.29) is 11.9 Å². The SMILES string of the molecule is C[C@H](NC(=O)NC[C@@H]1CCc2ccccc2C1)C(=O)N(C)C. The van der Waals surface area contributed by atoms with E-state index in [1.165, 1.54) is 16.0 Å². The molecule has 1 aromatic carbocycles. The Kier molecular flexibility index (Phi) is 5.41. The van der Waals surface area contributed by atoms with Gasteiger partial charge < -0.3 is 15.5 Å². The van der Waals surface area contributed by atoms with Gasteiger partial charge in [0.25, 0.3) is 0 Å². The fourth-order valence-electron chi connectivity index (χ4n) is 2.88. The van der Waals surface area contributed by atoms with Crippen LogP contribution in [-0.2, 0) is 17.6 Å². The van der Waals surface area contributed by atoms with Crippen molar-refractivity contribution in [3.05, 3.63) is 35.4 Å². The normalized spacial score (nSPS) is 18.0. The largest absolute Gasteiger partial charge is 0.347 e. The topological polar surface area (TPSA) is 61.4 Å². The summed E-state index contributed by atoms with van der Waals surface area (Å²) in [5, 5.41) is 5.57. The van der Waals surface area contributed by atoms with Crippen LogP contribution in [-0.4, -0.2) is 43.5 Å². The molecule has 0 radical (unpaired) electrons. The number of urea groups is 1. The minimum Gasteiger partial charge on any atom is -0.347 e. The average molecular weight is 303 g/mol. The van der Waals surface area contributed by atoms with E-state index in [9.17, 15) is 9.59 Å². The van der Waals surface area contributed by atoms with Crippen molar-refractivity contribution in [1.82, 2.24) is 15.5 Å². The maximum absolute atomic E-state index is 11.9. The first-order valence-electron chi connectivity index (χ1n) is 7.79. The minimum atomic E-state index is -0.512. The van der Waals surface area contributed by atoms with Crippen molar-refractivity contribution in [3.8, 4) is 0 Å². The van der Waals surface area contributed by atoms with E-state index in [4.69, 9.17) is 0 Å². The molecule has 1 aliphatic carbocycles. The number of carbonyl (C=O) groups excluding carboxylic acids is 2. The van der Waals surface area contributed by atoms with Crippen LogP contribution in [0.1, 0.15) is 24.5 Å². The number of aryl methyl sites for hydroxylation is 1. The lowest BCUT2D eigenvalue weighted by atomic mass is 9.84. The third kappa shape index (κ3) is 4.23. The molecule has 2 atom stereocenters. The third-order valence-electron chi connectivity index (χ3n) is 4.16. The van der Waals surface area contributed by atoms with Crippen molar-refractivity contribution < 1.29 is 9.59 Å². The van der Waals surface area contributed by atoms with Gasteiger partial charge in [-0.05, 0) is 43.2 Å². The van der Waals surface area contributed by atoms with Gasteiger partial charge in [-0.15, -0.1) is 0 Å². The number of rotatable bonds is 4. The number of carbonyl (C=O) groups is 2. The van der Waals surface area contributed by atoms with Crippen LogP contribution in [0.25, 0.3) is 0 Å². The van der Waals surface area contributed by atoms with E-state index in [1.807, 2.05) is 0 Å². The lowest BCUT2D eigenvalue weighted by molar-refractivity contribution is -0.130. The van der Waals surface area contributed by atoms with E-state index in [0.29, 0.717) is 12.5 Å². The smallest absolute Gasteiger partial charge is 0.315 e. The molecule has 0 bridgehead atoms. The molecule has 0 fully saturated rings. The van der Waals surface area contributed by atoms with Crippen molar-refractivity contribution in [2.75, 3.05) is 20.6 Å². The highest BCUT2D eigenvalue weighted by Crippen LogP contribution is 2.24. The van der Waals surface area contributed by atoms with E-state index in [0.717, 1.165) is 19.3 Å². The summed E-state index contributed by atoms with van der Waals surface area (Å²) in [5.74, 6) is 0.349. The van der Waals surface area contributed by atoms with Crippen LogP contribution >= 0.6 is 0 Å². The molecule has 22 heavy (non-hydrogen) atoms. The van der Waals surface area contributed by atoms with Gasteiger partial charge in [0.05, 0.1) is 0 Å². The number of fused-ring (bicyclic) bond motifs is 1. The summed E-state index contributed by atoms with van der Waals surface area (Å²) >= 11 is 0. The molecular formula is C17H25N3O2. The summed E-state index contributed by atoms with van der Waals surface area (Å²) in [7, 11) is 3.36. The number of benzene rings is 1. The summed E-state index contributed by atoms with van der Waals surface area (Å²) in [6.45, 7) is 2.34. The van der Waals surface area contributed by atoms with Crippen LogP contribution in [0.4, 0.5) is 4.79 Å². The van der Waals surface area contributed by atoms with Gasteiger partial charge in [-0.3, -0.25) is 4.79 Å². The maximum atomic E-state index is 11.9. The Morgan fingerprint density at radius 1 is 1.27 bits per heavy atom. The van der Waals surface area contributed by atoms with Gasteiger partial charge in [-0.25, -0.2) is 4.79 Å². The van der Waals surface area contributed by atoms with E-state index >= 15 is 0 Å². The van der Waals surface area contributed by atoms with Crippen LogP contribution in [0.2, 0.25) is 0 Å². The summed E-state index contributed by atoms with van der Waals surface area (Å²) in [5.41, 5.74) is 2.81. The Hall–Kier alpha value is -2.04. The van der Waals surface area contributed by atoms with Crippen LogP contribution in [0, 0.1) is 5.92 Å². The highest BCUT2D eigenvalue weighted by Gasteiger charge is 2.20. The summed E-state index contributed by atoms with van der Waals surface area (Å²) in [4.78, 5) is 25.1. The molecule has 0 heterocycles. The van der Waals surface area contributed by atoms with Gasteiger partial charge in [-0.1, -0.05) is 24.3 Å². The zero-order chi connectivity index (χ0) is 16.1. The fourth-order valence-corrected chi connectivity index (χ4v) is 2.88. The quantitative estimate of drug-likeness (QED) is 0.887. The highest BCUT2D eigenvalue weighted by atomic mass is 16.2. The second kappa shape index (κ2) is 7.29. The van der Waals surface area contributed by atoms with Gasteiger partial charge in [0.15, 0.2) is 0 Å². The zero-order valence-corrected chi connectivity index (χ0v) is 13.6. The molecule has 0 aromatic heterocycles. The number of likely N-dealkylation sites (N-methyl/N-ethyl adjacent to an activating group) is 1. The molecule has 0 unspecified atom stereocenters. The predicted octanol–water partition coefficient (Wildman–Crippen LogP) is 1.57. The predicted molar refractivity (Wildman–Crippen MR) is 86.6 cm³/mol. The first-order valence-corrected chi connectivity index (χ1v) is 7.79. The third-order valence-corrected chi connectivity index (χ3v) is 4.16. The van der Waals surface area contributed by atoms with E-state index in [1.54, 1.807) is 21.0 Å². The number of nitrogens with zero attached hydrogens (tertiary/aromatic N) is 1. The molecule has 1 aromatic rings. The Labute approximate surface area is 132 Å².